The van der Waals surface area contributed by atoms with Crippen LogP contribution in [-0.4, -0.2) is 11.5 Å². The normalized spacial score (nSPS) is 15.4. The second-order valence-electron chi connectivity index (χ2n) is 5.63. The zero-order valence-electron chi connectivity index (χ0n) is 12.5. The highest BCUT2D eigenvalue weighted by atomic mass is 32.1. The Morgan fingerprint density at radius 2 is 2.18 bits per heavy atom. The fourth-order valence-electron chi connectivity index (χ4n) is 2.19. The van der Waals surface area contributed by atoms with Gasteiger partial charge < -0.3 is 10.1 Å². The van der Waals surface area contributed by atoms with Gasteiger partial charge in [0.05, 0.1) is 0 Å². The van der Waals surface area contributed by atoms with E-state index in [0.29, 0.717) is 0 Å². The molecule has 2 heterocycles. The number of amides is 1. The molecule has 0 spiro atoms. The first-order valence-corrected chi connectivity index (χ1v) is 7.95. The van der Waals surface area contributed by atoms with Crippen molar-refractivity contribution < 1.29 is 9.53 Å². The first-order valence-electron chi connectivity index (χ1n) is 7.07. The van der Waals surface area contributed by atoms with Gasteiger partial charge in [-0.15, -0.1) is 11.3 Å². The van der Waals surface area contributed by atoms with Crippen LogP contribution in [-0.2, 0) is 4.79 Å². The molecule has 0 fully saturated rings. The van der Waals surface area contributed by atoms with Gasteiger partial charge in [0.2, 0.25) is 5.91 Å². The lowest BCUT2D eigenvalue weighted by molar-refractivity contribution is -0.111. The number of rotatable bonds is 3. The molecule has 3 nitrogen and oxygen atoms in total. The summed E-state index contributed by atoms with van der Waals surface area (Å²) in [6.07, 6.45) is 7.39. The summed E-state index contributed by atoms with van der Waals surface area (Å²) in [6.45, 7) is 4.02. The maximum Gasteiger partial charge on any atom is 0.248 e. The SMILES string of the molecule is CC1(C)C=Cc2cc(NC(=O)/C=C/c3cccs3)ccc2O1. The second kappa shape index (κ2) is 5.81. The summed E-state index contributed by atoms with van der Waals surface area (Å²) in [5.74, 6) is 0.689. The topological polar surface area (TPSA) is 38.3 Å². The van der Waals surface area contributed by atoms with Crippen LogP contribution in [0.5, 0.6) is 5.75 Å². The van der Waals surface area contributed by atoms with Gasteiger partial charge in [-0.1, -0.05) is 12.1 Å². The van der Waals surface area contributed by atoms with Crippen LogP contribution in [0.4, 0.5) is 5.69 Å². The number of anilines is 1. The van der Waals surface area contributed by atoms with Crippen LogP contribution < -0.4 is 10.1 Å². The molecule has 22 heavy (non-hydrogen) atoms. The predicted octanol–water partition coefficient (Wildman–Crippen LogP) is 4.58. The van der Waals surface area contributed by atoms with Crippen molar-refractivity contribution in [3.8, 4) is 5.75 Å². The Balaban J connectivity index is 1.70. The van der Waals surface area contributed by atoms with Crippen LogP contribution in [0.3, 0.4) is 0 Å². The monoisotopic (exact) mass is 311 g/mol. The molecule has 0 unspecified atom stereocenters. The van der Waals surface area contributed by atoms with Crippen molar-refractivity contribution >= 4 is 35.1 Å². The number of nitrogens with one attached hydrogen (secondary N) is 1. The van der Waals surface area contributed by atoms with Crippen molar-refractivity contribution in [2.45, 2.75) is 19.4 Å². The molecule has 1 aromatic carbocycles. The molecule has 0 saturated heterocycles. The number of fused-ring (bicyclic) bond motifs is 1. The molecule has 1 aliphatic heterocycles. The van der Waals surface area contributed by atoms with Gasteiger partial charge in [-0.2, -0.15) is 0 Å². The minimum atomic E-state index is -0.290. The van der Waals surface area contributed by atoms with Crippen LogP contribution in [0.2, 0.25) is 0 Å². The molecule has 2 aromatic rings. The molecular weight excluding hydrogens is 294 g/mol. The van der Waals surface area contributed by atoms with E-state index < -0.39 is 0 Å². The first kappa shape index (κ1) is 14.6. The number of carbonyl (C=O) groups excluding carboxylic acids is 1. The molecule has 3 rings (SSSR count). The van der Waals surface area contributed by atoms with Gasteiger partial charge in [-0.25, -0.2) is 0 Å². The Morgan fingerprint density at radius 3 is 2.95 bits per heavy atom. The Hall–Kier alpha value is -2.33. The summed E-state index contributed by atoms with van der Waals surface area (Å²) in [7, 11) is 0. The van der Waals surface area contributed by atoms with Gasteiger partial charge in [0.15, 0.2) is 0 Å². The van der Waals surface area contributed by atoms with E-state index in [-0.39, 0.29) is 11.5 Å². The van der Waals surface area contributed by atoms with E-state index in [1.165, 1.54) is 0 Å². The van der Waals surface area contributed by atoms with Crippen LogP contribution in [0.1, 0.15) is 24.3 Å². The maximum absolute atomic E-state index is 11.9. The van der Waals surface area contributed by atoms with Crippen LogP contribution in [0, 0.1) is 0 Å². The number of ether oxygens (including phenoxy) is 1. The third kappa shape index (κ3) is 3.46. The number of hydrogen-bond acceptors (Lipinski definition) is 3. The smallest absolute Gasteiger partial charge is 0.248 e. The first-order chi connectivity index (χ1) is 10.5. The van der Waals surface area contributed by atoms with Crippen molar-refractivity contribution in [2.75, 3.05) is 5.32 Å². The van der Waals surface area contributed by atoms with E-state index in [2.05, 4.69) is 5.32 Å². The number of benzene rings is 1. The number of hydrogen-bond donors (Lipinski definition) is 1. The van der Waals surface area contributed by atoms with Crippen molar-refractivity contribution in [1.29, 1.82) is 0 Å². The van der Waals surface area contributed by atoms with Crippen molar-refractivity contribution in [3.63, 3.8) is 0 Å². The molecule has 0 bridgehead atoms. The quantitative estimate of drug-likeness (QED) is 0.842. The zero-order chi connectivity index (χ0) is 15.6. The third-order valence-corrected chi connectivity index (χ3v) is 4.09. The van der Waals surface area contributed by atoms with Gasteiger partial charge >= 0.3 is 0 Å². The third-order valence-electron chi connectivity index (χ3n) is 3.26. The molecule has 1 aromatic heterocycles. The Morgan fingerprint density at radius 1 is 1.32 bits per heavy atom. The highest BCUT2D eigenvalue weighted by Gasteiger charge is 2.21. The van der Waals surface area contributed by atoms with Crippen molar-refractivity contribution in [3.05, 3.63) is 58.3 Å². The molecule has 0 aliphatic carbocycles. The summed E-state index contributed by atoms with van der Waals surface area (Å²) in [5.41, 5.74) is 1.44. The molecule has 0 atom stereocenters. The van der Waals surface area contributed by atoms with E-state index in [9.17, 15) is 4.79 Å². The van der Waals surface area contributed by atoms with Gasteiger partial charge in [0.25, 0.3) is 0 Å². The molecule has 1 aliphatic rings. The average molecular weight is 311 g/mol. The Bertz CT molecular complexity index is 742. The number of thiophene rings is 1. The van der Waals surface area contributed by atoms with E-state index in [0.717, 1.165) is 21.9 Å². The van der Waals surface area contributed by atoms with Crippen LogP contribution >= 0.6 is 11.3 Å². The summed E-state index contributed by atoms with van der Waals surface area (Å²) >= 11 is 1.60. The molecule has 4 heteroatoms. The molecule has 1 amide bonds. The fourth-order valence-corrected chi connectivity index (χ4v) is 2.80. The van der Waals surface area contributed by atoms with Crippen molar-refractivity contribution in [2.24, 2.45) is 0 Å². The average Bonchev–Trinajstić information content (AvgIpc) is 2.98. The van der Waals surface area contributed by atoms with E-state index in [4.69, 9.17) is 4.74 Å². The largest absolute Gasteiger partial charge is 0.483 e. The predicted molar refractivity (Wildman–Crippen MR) is 92.2 cm³/mol. The number of carbonyl (C=O) groups is 1. The van der Waals surface area contributed by atoms with Gasteiger partial charge in [-0.3, -0.25) is 4.79 Å². The van der Waals surface area contributed by atoms with E-state index >= 15 is 0 Å². The van der Waals surface area contributed by atoms with E-state index in [1.807, 2.05) is 67.8 Å². The van der Waals surface area contributed by atoms with Crippen LogP contribution in [0.25, 0.3) is 12.2 Å². The van der Waals surface area contributed by atoms with Crippen LogP contribution in [0.15, 0.2) is 47.9 Å². The maximum atomic E-state index is 11.9. The molecule has 0 saturated carbocycles. The Kier molecular flexibility index (Phi) is 3.86. The summed E-state index contributed by atoms with van der Waals surface area (Å²) in [6, 6.07) is 9.58. The lowest BCUT2D eigenvalue weighted by Gasteiger charge is -2.28. The zero-order valence-corrected chi connectivity index (χ0v) is 13.3. The molecular formula is C18H17NO2S. The van der Waals surface area contributed by atoms with Gasteiger partial charge in [-0.05, 0) is 55.6 Å². The Labute approximate surface area is 133 Å². The standard InChI is InChI=1S/C18H17NO2S/c1-18(2)10-9-13-12-14(5-7-16(13)21-18)19-17(20)8-6-15-4-3-11-22-15/h3-12H,1-2H3,(H,19,20)/b8-6+. The minimum absolute atomic E-state index is 0.144. The second-order valence-corrected chi connectivity index (χ2v) is 6.61. The van der Waals surface area contributed by atoms with Gasteiger partial charge in [0.1, 0.15) is 11.4 Å². The lowest BCUT2D eigenvalue weighted by Crippen LogP contribution is -2.27. The minimum Gasteiger partial charge on any atom is -0.483 e. The van der Waals surface area contributed by atoms with E-state index in [1.54, 1.807) is 17.4 Å². The molecule has 1 N–H and O–H groups in total. The fraction of sp³-hybridized carbons (Fsp3) is 0.167. The highest BCUT2D eigenvalue weighted by molar-refractivity contribution is 7.10. The molecule has 112 valence electrons. The highest BCUT2D eigenvalue weighted by Crippen LogP contribution is 2.32. The summed E-state index contributed by atoms with van der Waals surface area (Å²) in [4.78, 5) is 13.0. The summed E-state index contributed by atoms with van der Waals surface area (Å²) in [5, 5.41) is 4.85. The van der Waals surface area contributed by atoms with Crippen molar-refractivity contribution in [1.82, 2.24) is 0 Å². The lowest BCUT2D eigenvalue weighted by atomic mass is 10.0. The van der Waals surface area contributed by atoms with Gasteiger partial charge in [0, 0.05) is 22.2 Å². The molecule has 0 radical (unpaired) electrons. The summed E-state index contributed by atoms with van der Waals surface area (Å²) < 4.78 is 5.86.